The maximum absolute atomic E-state index is 14.1. The predicted octanol–water partition coefficient (Wildman–Crippen LogP) is 5.54. The van der Waals surface area contributed by atoms with Gasteiger partial charge in [0.15, 0.2) is 11.5 Å². The third-order valence-corrected chi connectivity index (χ3v) is 7.85. The second kappa shape index (κ2) is 13.3. The molecule has 4 rings (SSSR count). The number of para-hydroxylation sites is 1. The minimum Gasteiger partial charge on any atom is -0.497 e. The summed E-state index contributed by atoms with van der Waals surface area (Å²) in [6.45, 7) is 0.247. The summed E-state index contributed by atoms with van der Waals surface area (Å²) in [7, 11) is 4.74. The molecule has 1 aromatic heterocycles. The fourth-order valence-electron chi connectivity index (χ4n) is 5.02. The normalized spacial score (nSPS) is 14.4. The van der Waals surface area contributed by atoms with Crippen LogP contribution in [-0.2, 0) is 22.6 Å². The summed E-state index contributed by atoms with van der Waals surface area (Å²) in [6, 6.07) is 16.1. The maximum Gasteiger partial charge on any atom is 0.247 e. The van der Waals surface area contributed by atoms with Crippen LogP contribution in [0.25, 0.3) is 0 Å². The molecule has 0 radical (unpaired) electrons. The highest BCUT2D eigenvalue weighted by atomic mass is 32.1. The molecule has 2 aromatic carbocycles. The summed E-state index contributed by atoms with van der Waals surface area (Å²) in [6.07, 6.45) is 5.44. The third-order valence-electron chi connectivity index (χ3n) is 6.98. The molecule has 1 aliphatic carbocycles. The van der Waals surface area contributed by atoms with Gasteiger partial charge >= 0.3 is 0 Å². The molecule has 0 spiro atoms. The smallest absolute Gasteiger partial charge is 0.247 e. The van der Waals surface area contributed by atoms with Crippen molar-refractivity contribution in [3.63, 3.8) is 0 Å². The van der Waals surface area contributed by atoms with Gasteiger partial charge in [-0.05, 0) is 48.1 Å². The highest BCUT2D eigenvalue weighted by Gasteiger charge is 2.36. The Kier molecular flexibility index (Phi) is 9.65. The van der Waals surface area contributed by atoms with Crippen molar-refractivity contribution in [1.29, 1.82) is 0 Å². The molecule has 7 nitrogen and oxygen atoms in total. The average molecular weight is 537 g/mol. The molecule has 1 aliphatic rings. The zero-order valence-corrected chi connectivity index (χ0v) is 23.1. The summed E-state index contributed by atoms with van der Waals surface area (Å²) >= 11 is 1.53. The lowest BCUT2D eigenvalue weighted by molar-refractivity contribution is -0.141. The van der Waals surface area contributed by atoms with Gasteiger partial charge in [0.2, 0.25) is 11.8 Å². The van der Waals surface area contributed by atoms with E-state index in [4.69, 9.17) is 14.2 Å². The number of carbonyl (C=O) groups is 2. The molecule has 1 atom stereocenters. The van der Waals surface area contributed by atoms with Crippen LogP contribution in [0.4, 0.5) is 0 Å². The average Bonchev–Trinajstić information content (AvgIpc) is 3.46. The van der Waals surface area contributed by atoms with Crippen molar-refractivity contribution in [2.24, 2.45) is 0 Å². The van der Waals surface area contributed by atoms with Crippen molar-refractivity contribution in [3.8, 4) is 17.2 Å². The molecule has 0 bridgehead atoms. The second-order valence-corrected chi connectivity index (χ2v) is 10.5. The quantitative estimate of drug-likeness (QED) is 0.348. The van der Waals surface area contributed by atoms with Crippen molar-refractivity contribution in [2.45, 2.75) is 57.2 Å². The van der Waals surface area contributed by atoms with Crippen molar-refractivity contribution in [2.75, 3.05) is 21.3 Å². The lowest BCUT2D eigenvalue weighted by atomic mass is 9.94. The van der Waals surface area contributed by atoms with E-state index in [0.717, 1.165) is 41.9 Å². The second-order valence-electron chi connectivity index (χ2n) is 9.45. The first-order chi connectivity index (χ1) is 18.5. The number of amides is 2. The van der Waals surface area contributed by atoms with E-state index in [9.17, 15) is 9.59 Å². The minimum atomic E-state index is -0.906. The molecule has 2 amide bonds. The summed E-state index contributed by atoms with van der Waals surface area (Å²) in [4.78, 5) is 30.7. The lowest BCUT2D eigenvalue weighted by Gasteiger charge is -2.34. The van der Waals surface area contributed by atoms with E-state index in [-0.39, 0.29) is 30.8 Å². The predicted molar refractivity (Wildman–Crippen MR) is 149 cm³/mol. The molecule has 1 unspecified atom stereocenters. The number of methoxy groups -OCH3 is 3. The van der Waals surface area contributed by atoms with Crippen LogP contribution >= 0.6 is 11.3 Å². The van der Waals surface area contributed by atoms with Crippen LogP contribution < -0.4 is 19.5 Å². The van der Waals surface area contributed by atoms with Gasteiger partial charge in [0.05, 0.1) is 27.8 Å². The van der Waals surface area contributed by atoms with Crippen LogP contribution in [0.3, 0.4) is 0 Å². The van der Waals surface area contributed by atoms with Crippen LogP contribution in [-0.4, -0.2) is 44.1 Å². The van der Waals surface area contributed by atoms with Gasteiger partial charge in [0.25, 0.3) is 0 Å². The van der Waals surface area contributed by atoms with Crippen LogP contribution in [0.2, 0.25) is 0 Å². The number of nitrogens with one attached hydrogen (secondary N) is 1. The fourth-order valence-corrected chi connectivity index (χ4v) is 5.72. The Hall–Kier alpha value is -3.52. The standard InChI is InChI=1S/C30H36N2O5S/c1-35-23-16-14-21(15-17-23)20-32(27(33)19-24-11-8-18-38-24)28(30(34)31-22-9-5-4-6-10-22)25-12-7-13-26(36-2)29(25)37-3/h7-8,11-18,22,28H,4-6,9-10,19-20H2,1-3H3,(H,31,34). The van der Waals surface area contributed by atoms with Gasteiger partial charge in [-0.2, -0.15) is 0 Å². The molecule has 1 fully saturated rings. The van der Waals surface area contributed by atoms with E-state index in [0.29, 0.717) is 17.1 Å². The Bertz CT molecular complexity index is 1190. The Morgan fingerprint density at radius 3 is 2.34 bits per heavy atom. The molecular weight excluding hydrogens is 500 g/mol. The van der Waals surface area contributed by atoms with Gasteiger partial charge in [0, 0.05) is 23.0 Å². The molecule has 1 saturated carbocycles. The number of hydrogen-bond acceptors (Lipinski definition) is 6. The zero-order valence-electron chi connectivity index (χ0n) is 22.3. The van der Waals surface area contributed by atoms with Gasteiger partial charge in [-0.15, -0.1) is 11.3 Å². The van der Waals surface area contributed by atoms with E-state index in [2.05, 4.69) is 5.32 Å². The Labute approximate surface area is 228 Å². The fraction of sp³-hybridized carbons (Fsp3) is 0.400. The van der Waals surface area contributed by atoms with Crippen molar-refractivity contribution in [3.05, 3.63) is 76.0 Å². The molecule has 8 heteroatoms. The van der Waals surface area contributed by atoms with E-state index in [1.807, 2.05) is 53.9 Å². The maximum atomic E-state index is 14.1. The van der Waals surface area contributed by atoms with Crippen LogP contribution in [0.15, 0.2) is 60.0 Å². The van der Waals surface area contributed by atoms with Crippen LogP contribution in [0.5, 0.6) is 17.2 Å². The van der Waals surface area contributed by atoms with Gasteiger partial charge < -0.3 is 24.4 Å². The molecule has 1 heterocycles. The van der Waals surface area contributed by atoms with Crippen LogP contribution in [0.1, 0.15) is 54.1 Å². The van der Waals surface area contributed by atoms with Gasteiger partial charge in [-0.1, -0.05) is 49.6 Å². The van der Waals surface area contributed by atoms with Crippen molar-refractivity contribution in [1.82, 2.24) is 10.2 Å². The SMILES string of the molecule is COc1ccc(CN(C(=O)Cc2cccs2)C(C(=O)NC2CCCCC2)c2cccc(OC)c2OC)cc1. The Balaban J connectivity index is 1.77. The number of rotatable bonds is 11. The molecule has 38 heavy (non-hydrogen) atoms. The molecule has 3 aromatic rings. The first-order valence-electron chi connectivity index (χ1n) is 13.0. The Morgan fingerprint density at radius 1 is 0.947 bits per heavy atom. The van der Waals surface area contributed by atoms with Crippen molar-refractivity contribution >= 4 is 23.2 Å². The first-order valence-corrected chi connectivity index (χ1v) is 13.9. The topological polar surface area (TPSA) is 77.1 Å². The number of carbonyl (C=O) groups excluding carboxylic acids is 2. The number of nitrogens with zero attached hydrogens (tertiary/aromatic N) is 1. The molecule has 0 saturated heterocycles. The highest BCUT2D eigenvalue weighted by Crippen LogP contribution is 2.38. The molecular formula is C30H36N2O5S. The first kappa shape index (κ1) is 27.5. The van der Waals surface area contributed by atoms with E-state index >= 15 is 0 Å². The van der Waals surface area contributed by atoms with Crippen molar-refractivity contribution < 1.29 is 23.8 Å². The van der Waals surface area contributed by atoms with E-state index in [1.54, 1.807) is 32.3 Å². The number of benzene rings is 2. The largest absolute Gasteiger partial charge is 0.497 e. The Morgan fingerprint density at radius 2 is 1.71 bits per heavy atom. The zero-order chi connectivity index (χ0) is 26.9. The molecule has 1 N–H and O–H groups in total. The minimum absolute atomic E-state index is 0.0885. The van der Waals surface area contributed by atoms with Gasteiger partial charge in [-0.25, -0.2) is 0 Å². The molecule has 202 valence electrons. The number of ether oxygens (including phenoxy) is 3. The summed E-state index contributed by atoms with van der Waals surface area (Å²) < 4.78 is 16.6. The van der Waals surface area contributed by atoms with Gasteiger partial charge in [0.1, 0.15) is 11.8 Å². The monoisotopic (exact) mass is 536 g/mol. The summed E-state index contributed by atoms with van der Waals surface area (Å²) in [5, 5.41) is 5.21. The summed E-state index contributed by atoms with van der Waals surface area (Å²) in [5.74, 6) is 1.33. The summed E-state index contributed by atoms with van der Waals surface area (Å²) in [5.41, 5.74) is 1.48. The number of thiophene rings is 1. The number of hydrogen-bond donors (Lipinski definition) is 1. The van der Waals surface area contributed by atoms with Crippen LogP contribution in [0, 0.1) is 0 Å². The lowest BCUT2D eigenvalue weighted by Crippen LogP contribution is -2.47. The van der Waals surface area contributed by atoms with Gasteiger partial charge in [-0.3, -0.25) is 9.59 Å². The van der Waals surface area contributed by atoms with E-state index in [1.165, 1.54) is 17.8 Å². The van der Waals surface area contributed by atoms with E-state index < -0.39 is 6.04 Å². The third kappa shape index (κ3) is 6.67. The highest BCUT2D eigenvalue weighted by molar-refractivity contribution is 7.10. The molecule has 0 aliphatic heterocycles.